The van der Waals surface area contributed by atoms with Gasteiger partial charge in [0.25, 0.3) is 0 Å². The fourth-order valence-corrected chi connectivity index (χ4v) is 4.99. The molecule has 3 saturated heterocycles. The van der Waals surface area contributed by atoms with E-state index in [0.29, 0.717) is 37.8 Å². The molecule has 2 aromatic rings. The van der Waals surface area contributed by atoms with Crippen LogP contribution in [-0.2, 0) is 16.0 Å². The zero-order valence-electron chi connectivity index (χ0n) is 19.6. The summed E-state index contributed by atoms with van der Waals surface area (Å²) in [5.41, 5.74) is 0.448. The van der Waals surface area contributed by atoms with Gasteiger partial charge in [-0.05, 0) is 36.6 Å². The van der Waals surface area contributed by atoms with E-state index >= 15 is 0 Å². The Labute approximate surface area is 200 Å². The van der Waals surface area contributed by atoms with Gasteiger partial charge in [0.2, 0.25) is 5.91 Å². The molecule has 0 N–H and O–H groups in total. The molecule has 0 bridgehead atoms. The van der Waals surface area contributed by atoms with Crippen LogP contribution in [0.4, 0.5) is 16.0 Å². The third-order valence-corrected chi connectivity index (χ3v) is 7.07. The molecule has 182 valence electrons. The van der Waals surface area contributed by atoms with Gasteiger partial charge in [0, 0.05) is 65.5 Å². The number of hydrogen-bond donors (Lipinski definition) is 0. The monoisotopic (exact) mass is 468 g/mol. The van der Waals surface area contributed by atoms with Crippen LogP contribution in [0.15, 0.2) is 36.4 Å². The van der Waals surface area contributed by atoms with Crippen molar-refractivity contribution in [1.82, 2.24) is 20.0 Å². The summed E-state index contributed by atoms with van der Waals surface area (Å²) in [7, 11) is 0. The van der Waals surface area contributed by atoms with Crippen molar-refractivity contribution in [3.63, 3.8) is 0 Å². The Balaban J connectivity index is 1.08. The first kappa shape index (κ1) is 23.0. The summed E-state index contributed by atoms with van der Waals surface area (Å²) < 4.78 is 19.6. The summed E-state index contributed by atoms with van der Waals surface area (Å²) >= 11 is 0. The number of ether oxygens (including phenoxy) is 1. The molecule has 0 spiro atoms. The van der Waals surface area contributed by atoms with Crippen LogP contribution in [-0.4, -0.2) is 97.5 Å². The number of carbonyl (C=O) groups excluding carboxylic acids is 1. The van der Waals surface area contributed by atoms with Crippen LogP contribution in [0.3, 0.4) is 0 Å². The highest BCUT2D eigenvalue weighted by atomic mass is 19.1. The maximum Gasteiger partial charge on any atom is 0.227 e. The van der Waals surface area contributed by atoms with Gasteiger partial charge in [0.05, 0.1) is 12.5 Å². The highest BCUT2D eigenvalue weighted by Crippen LogP contribution is 2.20. The van der Waals surface area contributed by atoms with E-state index in [-0.39, 0.29) is 18.1 Å². The van der Waals surface area contributed by atoms with E-state index < -0.39 is 0 Å². The second kappa shape index (κ2) is 10.7. The lowest BCUT2D eigenvalue weighted by molar-refractivity contribution is -0.130. The third kappa shape index (κ3) is 5.47. The number of carbonyl (C=O) groups is 1. The normalized spacial score (nSPS) is 21.8. The summed E-state index contributed by atoms with van der Waals surface area (Å²) in [6.07, 6.45) is 2.87. The number of anilines is 2. The lowest BCUT2D eigenvalue weighted by atomic mass is 10.1. The molecule has 3 aliphatic rings. The maximum atomic E-state index is 13.9. The molecule has 1 aromatic carbocycles. The van der Waals surface area contributed by atoms with E-state index in [2.05, 4.69) is 24.9 Å². The predicted octanol–water partition coefficient (Wildman–Crippen LogP) is 1.81. The first-order chi connectivity index (χ1) is 16.7. The number of piperazine rings is 2. The standard InChI is InChI=1S/C25H33FN6O2/c26-22-6-2-1-4-20(22)18-25(33)32-15-13-31(14-16-32)24-8-7-23(27-28-24)30-11-9-29(10-12-30)19-21-5-3-17-34-21/h1-2,4,6-8,21H,3,5,9-19H2. The van der Waals surface area contributed by atoms with E-state index in [1.54, 1.807) is 23.1 Å². The highest BCUT2D eigenvalue weighted by molar-refractivity contribution is 5.79. The van der Waals surface area contributed by atoms with Crippen molar-refractivity contribution in [2.45, 2.75) is 25.4 Å². The fourth-order valence-electron chi connectivity index (χ4n) is 4.99. The van der Waals surface area contributed by atoms with Crippen LogP contribution in [0.5, 0.6) is 0 Å². The lowest BCUT2D eigenvalue weighted by Gasteiger charge is -2.37. The summed E-state index contributed by atoms with van der Waals surface area (Å²) in [6.45, 7) is 8.47. The molecule has 0 radical (unpaired) electrons. The van der Waals surface area contributed by atoms with Crippen LogP contribution in [0, 0.1) is 5.82 Å². The van der Waals surface area contributed by atoms with Crippen LogP contribution in [0.1, 0.15) is 18.4 Å². The van der Waals surface area contributed by atoms with Crippen molar-refractivity contribution in [2.24, 2.45) is 0 Å². The molecule has 8 nitrogen and oxygen atoms in total. The maximum absolute atomic E-state index is 13.9. The molecule has 3 aliphatic heterocycles. The highest BCUT2D eigenvalue weighted by Gasteiger charge is 2.25. The third-order valence-electron chi connectivity index (χ3n) is 7.07. The van der Waals surface area contributed by atoms with Crippen molar-refractivity contribution < 1.29 is 13.9 Å². The first-order valence-corrected chi connectivity index (χ1v) is 12.3. The molecule has 0 saturated carbocycles. The van der Waals surface area contributed by atoms with Gasteiger partial charge >= 0.3 is 0 Å². The molecule has 1 amide bonds. The molecule has 0 aliphatic carbocycles. The summed E-state index contributed by atoms with van der Waals surface area (Å²) in [5.74, 6) is 1.39. The Kier molecular flexibility index (Phi) is 7.20. The number of rotatable bonds is 6. The zero-order chi connectivity index (χ0) is 23.3. The van der Waals surface area contributed by atoms with Gasteiger partial charge in [-0.25, -0.2) is 4.39 Å². The van der Waals surface area contributed by atoms with E-state index in [9.17, 15) is 9.18 Å². The first-order valence-electron chi connectivity index (χ1n) is 12.3. The summed E-state index contributed by atoms with van der Waals surface area (Å²) in [6, 6.07) is 10.5. The number of nitrogens with zero attached hydrogens (tertiary/aromatic N) is 6. The predicted molar refractivity (Wildman–Crippen MR) is 129 cm³/mol. The van der Waals surface area contributed by atoms with E-state index in [1.807, 2.05) is 12.1 Å². The van der Waals surface area contributed by atoms with Gasteiger partial charge < -0.3 is 19.4 Å². The minimum Gasteiger partial charge on any atom is -0.377 e. The molecule has 9 heteroatoms. The topological polar surface area (TPSA) is 65.0 Å². The Morgan fingerprint density at radius 1 is 0.912 bits per heavy atom. The van der Waals surface area contributed by atoms with Crippen molar-refractivity contribution in [3.05, 3.63) is 47.8 Å². The van der Waals surface area contributed by atoms with E-state index in [4.69, 9.17) is 4.74 Å². The smallest absolute Gasteiger partial charge is 0.227 e. The molecule has 5 rings (SSSR count). The zero-order valence-corrected chi connectivity index (χ0v) is 19.6. The average Bonchev–Trinajstić information content (AvgIpc) is 3.39. The molecule has 1 unspecified atom stereocenters. The quantitative estimate of drug-likeness (QED) is 0.641. The second-order valence-electron chi connectivity index (χ2n) is 9.31. The van der Waals surface area contributed by atoms with Crippen molar-refractivity contribution in [2.75, 3.05) is 75.3 Å². The second-order valence-corrected chi connectivity index (χ2v) is 9.31. The molecule has 1 atom stereocenters. The number of aromatic nitrogens is 2. The minimum atomic E-state index is -0.325. The summed E-state index contributed by atoms with van der Waals surface area (Å²) in [5, 5.41) is 8.97. The van der Waals surface area contributed by atoms with E-state index in [1.165, 1.54) is 18.9 Å². The molecule has 3 fully saturated rings. The number of hydrogen-bond acceptors (Lipinski definition) is 7. The Morgan fingerprint density at radius 3 is 2.15 bits per heavy atom. The molecule has 34 heavy (non-hydrogen) atoms. The number of amides is 1. The lowest BCUT2D eigenvalue weighted by Crippen LogP contribution is -2.50. The Hall–Kier alpha value is -2.78. The van der Waals surface area contributed by atoms with E-state index in [0.717, 1.165) is 51.0 Å². The largest absolute Gasteiger partial charge is 0.377 e. The number of halogens is 1. The van der Waals surface area contributed by atoms with Crippen LogP contribution >= 0.6 is 0 Å². The van der Waals surface area contributed by atoms with Gasteiger partial charge in [0.1, 0.15) is 5.82 Å². The Morgan fingerprint density at radius 2 is 1.56 bits per heavy atom. The average molecular weight is 469 g/mol. The van der Waals surface area contributed by atoms with Gasteiger partial charge in [-0.15, -0.1) is 10.2 Å². The van der Waals surface area contributed by atoms with Gasteiger partial charge in [-0.1, -0.05) is 18.2 Å². The summed E-state index contributed by atoms with van der Waals surface area (Å²) in [4.78, 5) is 21.3. The van der Waals surface area contributed by atoms with Gasteiger partial charge in [-0.2, -0.15) is 0 Å². The van der Waals surface area contributed by atoms with Crippen LogP contribution < -0.4 is 9.80 Å². The molecule has 4 heterocycles. The van der Waals surface area contributed by atoms with Crippen molar-refractivity contribution in [1.29, 1.82) is 0 Å². The van der Waals surface area contributed by atoms with Crippen LogP contribution in [0.25, 0.3) is 0 Å². The molecular weight excluding hydrogens is 435 g/mol. The Bertz CT molecular complexity index is 952. The SMILES string of the molecule is O=C(Cc1ccccc1F)N1CCN(c2ccc(N3CCN(CC4CCCO4)CC3)nn2)CC1. The van der Waals surface area contributed by atoms with Crippen molar-refractivity contribution >= 4 is 17.5 Å². The van der Waals surface area contributed by atoms with Gasteiger partial charge in [0.15, 0.2) is 11.6 Å². The fraction of sp³-hybridized carbons (Fsp3) is 0.560. The van der Waals surface area contributed by atoms with Crippen molar-refractivity contribution in [3.8, 4) is 0 Å². The van der Waals surface area contributed by atoms with Crippen LogP contribution in [0.2, 0.25) is 0 Å². The number of benzene rings is 1. The van der Waals surface area contributed by atoms with Gasteiger partial charge in [-0.3, -0.25) is 9.69 Å². The molecule has 1 aromatic heterocycles. The molecular formula is C25H33FN6O2. The minimum absolute atomic E-state index is 0.0372.